The molecule has 1 aromatic carbocycles. The highest BCUT2D eigenvalue weighted by atomic mass is 19.3. The minimum absolute atomic E-state index is 0.324. The van der Waals surface area contributed by atoms with Crippen LogP contribution < -0.4 is 4.74 Å². The molecule has 0 N–H and O–H groups in total. The van der Waals surface area contributed by atoms with E-state index in [9.17, 15) is 22.0 Å². The molecule has 0 amide bonds. The summed E-state index contributed by atoms with van der Waals surface area (Å²) in [4.78, 5) is 0. The Bertz CT molecular complexity index is 693. The second-order valence-electron chi connectivity index (χ2n) is 8.90. The van der Waals surface area contributed by atoms with Crippen molar-refractivity contribution < 1.29 is 26.7 Å². The maximum absolute atomic E-state index is 14.6. The van der Waals surface area contributed by atoms with E-state index in [4.69, 9.17) is 0 Å². The average Bonchev–Trinajstić information content (AvgIpc) is 2.72. The van der Waals surface area contributed by atoms with E-state index in [0.717, 1.165) is 25.2 Å². The first-order chi connectivity index (χ1) is 14.3. The van der Waals surface area contributed by atoms with Crippen molar-refractivity contribution in [2.45, 2.75) is 77.2 Å². The van der Waals surface area contributed by atoms with Gasteiger partial charge in [-0.3, -0.25) is 0 Å². The Morgan fingerprint density at radius 1 is 0.900 bits per heavy atom. The minimum atomic E-state index is -3.54. The molecule has 0 saturated heterocycles. The van der Waals surface area contributed by atoms with Crippen LogP contribution in [0.25, 0.3) is 0 Å². The molecule has 0 bridgehead atoms. The number of hydrogen-bond acceptors (Lipinski definition) is 1. The molecule has 1 aromatic rings. The number of benzene rings is 1. The van der Waals surface area contributed by atoms with Crippen LogP contribution >= 0.6 is 0 Å². The van der Waals surface area contributed by atoms with Crippen LogP contribution in [-0.2, 0) is 0 Å². The van der Waals surface area contributed by atoms with Gasteiger partial charge in [-0.1, -0.05) is 25.0 Å². The Kier molecular flexibility index (Phi) is 7.81. The molecule has 3 rings (SSSR count). The molecule has 0 unspecified atom stereocenters. The fraction of sp³-hybridized carbons (Fsp3) is 0.667. The SMILES string of the molecule is C/C=C/CCC1CCC(C2CCC(C(F)(F)Oc3cc(F)c(F)c(F)c3)CC2)CC1. The van der Waals surface area contributed by atoms with Crippen molar-refractivity contribution in [1.29, 1.82) is 0 Å². The quantitative estimate of drug-likeness (QED) is 0.242. The third-order valence-electron chi connectivity index (χ3n) is 6.99. The van der Waals surface area contributed by atoms with Crippen LogP contribution in [0.3, 0.4) is 0 Å². The summed E-state index contributed by atoms with van der Waals surface area (Å²) in [6.45, 7) is 2.04. The first-order valence-electron chi connectivity index (χ1n) is 11.1. The highest BCUT2D eigenvalue weighted by molar-refractivity contribution is 5.25. The van der Waals surface area contributed by atoms with Gasteiger partial charge in [0.05, 0.1) is 5.92 Å². The van der Waals surface area contributed by atoms with Gasteiger partial charge >= 0.3 is 6.11 Å². The lowest BCUT2D eigenvalue weighted by Crippen LogP contribution is -2.38. The van der Waals surface area contributed by atoms with E-state index in [2.05, 4.69) is 16.9 Å². The Balaban J connectivity index is 1.48. The Hall–Kier alpha value is -1.59. The van der Waals surface area contributed by atoms with Crippen LogP contribution in [0.5, 0.6) is 5.75 Å². The number of halogens is 5. The van der Waals surface area contributed by atoms with Crippen molar-refractivity contribution >= 4 is 0 Å². The zero-order valence-electron chi connectivity index (χ0n) is 17.5. The molecule has 0 spiro atoms. The smallest absolute Gasteiger partial charge is 0.400 e. The summed E-state index contributed by atoms with van der Waals surface area (Å²) in [5, 5.41) is 0. The molecule has 0 atom stereocenters. The van der Waals surface area contributed by atoms with Crippen molar-refractivity contribution in [1.82, 2.24) is 0 Å². The normalized spacial score (nSPS) is 28.1. The fourth-order valence-electron chi connectivity index (χ4n) is 5.21. The molecule has 2 aliphatic rings. The molecule has 2 fully saturated rings. The molecule has 168 valence electrons. The van der Waals surface area contributed by atoms with E-state index in [0.29, 0.717) is 36.8 Å². The summed E-state index contributed by atoms with van der Waals surface area (Å²) in [7, 11) is 0. The van der Waals surface area contributed by atoms with Crippen LogP contribution in [0.2, 0.25) is 0 Å². The second kappa shape index (κ2) is 10.1. The van der Waals surface area contributed by atoms with Gasteiger partial charge in [0.1, 0.15) is 5.75 Å². The van der Waals surface area contributed by atoms with Gasteiger partial charge in [-0.25, -0.2) is 13.2 Å². The molecule has 0 aromatic heterocycles. The van der Waals surface area contributed by atoms with E-state index < -0.39 is 35.2 Å². The third-order valence-corrected chi connectivity index (χ3v) is 6.99. The van der Waals surface area contributed by atoms with Crippen LogP contribution in [-0.4, -0.2) is 6.11 Å². The second-order valence-corrected chi connectivity index (χ2v) is 8.90. The van der Waals surface area contributed by atoms with Crippen molar-refractivity contribution in [2.75, 3.05) is 0 Å². The molecule has 1 nitrogen and oxygen atoms in total. The number of ether oxygens (including phenoxy) is 1. The highest BCUT2D eigenvalue weighted by Gasteiger charge is 2.45. The van der Waals surface area contributed by atoms with Gasteiger partial charge in [0.25, 0.3) is 0 Å². The Labute approximate surface area is 175 Å². The Morgan fingerprint density at radius 2 is 1.43 bits per heavy atom. The molecule has 30 heavy (non-hydrogen) atoms. The topological polar surface area (TPSA) is 9.23 Å². The van der Waals surface area contributed by atoms with Crippen molar-refractivity contribution in [3.05, 3.63) is 41.7 Å². The Morgan fingerprint density at radius 3 is 1.97 bits per heavy atom. The first-order valence-corrected chi connectivity index (χ1v) is 11.1. The van der Waals surface area contributed by atoms with Gasteiger partial charge in [-0.05, 0) is 76.0 Å². The third kappa shape index (κ3) is 5.76. The molecular weight excluding hydrogens is 399 g/mol. The number of allylic oxidation sites excluding steroid dienone is 2. The summed E-state index contributed by atoms with van der Waals surface area (Å²) in [5.41, 5.74) is 0. The predicted octanol–water partition coefficient (Wildman–Crippen LogP) is 8.04. The van der Waals surface area contributed by atoms with Gasteiger partial charge in [-0.2, -0.15) is 8.78 Å². The van der Waals surface area contributed by atoms with E-state index >= 15 is 0 Å². The van der Waals surface area contributed by atoms with Crippen molar-refractivity contribution in [2.24, 2.45) is 23.7 Å². The molecule has 2 aliphatic carbocycles. The highest BCUT2D eigenvalue weighted by Crippen LogP contribution is 2.46. The first kappa shape index (κ1) is 23.1. The van der Waals surface area contributed by atoms with Gasteiger partial charge in [0, 0.05) is 12.1 Å². The summed E-state index contributed by atoms with van der Waals surface area (Å²) in [5.74, 6) is -4.59. The number of alkyl halides is 2. The van der Waals surface area contributed by atoms with Crippen LogP contribution in [0.1, 0.15) is 71.1 Å². The molecule has 6 heteroatoms. The van der Waals surface area contributed by atoms with E-state index in [1.165, 1.54) is 32.1 Å². The summed E-state index contributed by atoms with van der Waals surface area (Å²) in [6.07, 6.45) is 10.0. The van der Waals surface area contributed by atoms with Gasteiger partial charge in [-0.15, -0.1) is 0 Å². The zero-order chi connectivity index (χ0) is 21.7. The molecular formula is C24H31F5O. The fourth-order valence-corrected chi connectivity index (χ4v) is 5.21. The standard InChI is InChI=1S/C24H31F5O/c1-2-3-4-5-16-6-8-17(9-7-16)18-10-12-19(13-11-18)24(28,29)30-20-14-21(25)23(27)22(26)15-20/h2-3,14-19H,4-13H2,1H3/b3-2+. The molecule has 0 aliphatic heterocycles. The lowest BCUT2D eigenvalue weighted by atomic mass is 9.68. The largest absolute Gasteiger partial charge is 0.432 e. The summed E-state index contributed by atoms with van der Waals surface area (Å²) in [6, 6.07) is 0.930. The zero-order valence-corrected chi connectivity index (χ0v) is 17.5. The van der Waals surface area contributed by atoms with Gasteiger partial charge in [0.2, 0.25) is 0 Å². The van der Waals surface area contributed by atoms with Gasteiger partial charge < -0.3 is 4.74 Å². The van der Waals surface area contributed by atoms with Crippen LogP contribution in [0, 0.1) is 41.1 Å². The predicted molar refractivity (Wildman–Crippen MR) is 107 cm³/mol. The van der Waals surface area contributed by atoms with Gasteiger partial charge in [0.15, 0.2) is 17.5 Å². The van der Waals surface area contributed by atoms with Crippen LogP contribution in [0.4, 0.5) is 22.0 Å². The van der Waals surface area contributed by atoms with E-state index in [1.54, 1.807) is 0 Å². The summed E-state index contributed by atoms with van der Waals surface area (Å²) >= 11 is 0. The lowest BCUT2D eigenvalue weighted by molar-refractivity contribution is -0.224. The van der Waals surface area contributed by atoms with Crippen molar-refractivity contribution in [3.63, 3.8) is 0 Å². The number of rotatable bonds is 7. The van der Waals surface area contributed by atoms with Crippen molar-refractivity contribution in [3.8, 4) is 5.75 Å². The minimum Gasteiger partial charge on any atom is -0.432 e. The monoisotopic (exact) mass is 430 g/mol. The molecule has 0 heterocycles. The maximum atomic E-state index is 14.6. The molecule has 2 saturated carbocycles. The van der Waals surface area contributed by atoms with Crippen LogP contribution in [0.15, 0.2) is 24.3 Å². The lowest BCUT2D eigenvalue weighted by Gasteiger charge is -2.39. The average molecular weight is 431 g/mol. The maximum Gasteiger partial charge on any atom is 0.400 e. The number of hydrogen-bond donors (Lipinski definition) is 0. The summed E-state index contributed by atoms with van der Waals surface area (Å²) < 4.78 is 73.3. The van der Waals surface area contributed by atoms with E-state index in [-0.39, 0.29) is 0 Å². The molecule has 0 radical (unpaired) electrons. The van der Waals surface area contributed by atoms with E-state index in [1.807, 2.05) is 6.92 Å².